The second kappa shape index (κ2) is 9.71. The molecule has 3 rings (SSSR count). The number of ether oxygens (including phenoxy) is 1. The minimum absolute atomic E-state index is 0.0477. The van der Waals surface area contributed by atoms with E-state index < -0.39 is 10.0 Å². The van der Waals surface area contributed by atoms with E-state index in [0.29, 0.717) is 36.7 Å². The molecule has 7 nitrogen and oxygen atoms in total. The number of thiophene rings is 1. The van der Waals surface area contributed by atoms with E-state index in [1.54, 1.807) is 24.6 Å². The van der Waals surface area contributed by atoms with Crippen LogP contribution in [0.4, 0.5) is 0 Å². The van der Waals surface area contributed by atoms with Crippen LogP contribution in [-0.2, 0) is 21.4 Å². The maximum atomic E-state index is 12.6. The van der Waals surface area contributed by atoms with Gasteiger partial charge in [-0.05, 0) is 37.3 Å². The van der Waals surface area contributed by atoms with Crippen LogP contribution in [0.15, 0.2) is 46.0 Å². The monoisotopic (exact) mass is 437 g/mol. The van der Waals surface area contributed by atoms with Crippen LogP contribution < -0.4 is 14.8 Å². The first-order chi connectivity index (χ1) is 13.9. The molecular formula is C20H27N3O4S2. The highest BCUT2D eigenvalue weighted by Gasteiger charge is 2.29. The second-order valence-corrected chi connectivity index (χ2v) is 9.96. The molecule has 1 aromatic heterocycles. The van der Waals surface area contributed by atoms with E-state index in [4.69, 9.17) is 4.74 Å². The summed E-state index contributed by atoms with van der Waals surface area (Å²) in [6.07, 6.45) is 1.35. The third-order valence-corrected chi connectivity index (χ3v) is 8.10. The van der Waals surface area contributed by atoms with Crippen LogP contribution >= 0.6 is 11.3 Å². The van der Waals surface area contributed by atoms with Gasteiger partial charge in [0.2, 0.25) is 15.9 Å². The van der Waals surface area contributed by atoms with Gasteiger partial charge in [0, 0.05) is 31.2 Å². The summed E-state index contributed by atoms with van der Waals surface area (Å²) in [6, 6.07) is 10.5. The first-order valence-electron chi connectivity index (χ1n) is 9.60. The van der Waals surface area contributed by atoms with Crippen molar-refractivity contribution in [2.75, 3.05) is 20.2 Å². The largest absolute Gasteiger partial charge is 0.496 e. The summed E-state index contributed by atoms with van der Waals surface area (Å²) in [5, 5.41) is 4.72. The number of likely N-dealkylation sites (tertiary alicyclic amines) is 1. The number of piperidine rings is 1. The van der Waals surface area contributed by atoms with Crippen LogP contribution in [0.5, 0.6) is 5.75 Å². The van der Waals surface area contributed by atoms with Crippen molar-refractivity contribution >= 4 is 27.3 Å². The van der Waals surface area contributed by atoms with E-state index in [0.717, 1.165) is 11.3 Å². The maximum Gasteiger partial charge on any atom is 0.250 e. The molecule has 0 bridgehead atoms. The molecule has 1 atom stereocenters. The molecule has 29 heavy (non-hydrogen) atoms. The molecule has 2 heterocycles. The van der Waals surface area contributed by atoms with E-state index in [2.05, 4.69) is 14.9 Å². The number of nitrogens with one attached hydrogen (secondary N) is 2. The number of sulfonamides is 1. The molecule has 1 aliphatic heterocycles. The lowest BCUT2D eigenvalue weighted by atomic mass is 10.0. The van der Waals surface area contributed by atoms with Crippen LogP contribution in [0.2, 0.25) is 0 Å². The Labute approximate surface area is 176 Å². The number of nitrogens with zero attached hydrogens (tertiary/aromatic N) is 1. The van der Waals surface area contributed by atoms with Crippen molar-refractivity contribution in [3.63, 3.8) is 0 Å². The lowest BCUT2D eigenvalue weighted by Crippen LogP contribution is -2.51. The van der Waals surface area contributed by atoms with Gasteiger partial charge >= 0.3 is 0 Å². The molecule has 0 saturated carbocycles. The first kappa shape index (κ1) is 21.8. The molecule has 1 unspecified atom stereocenters. The van der Waals surface area contributed by atoms with Gasteiger partial charge in [0.05, 0.1) is 13.2 Å². The van der Waals surface area contributed by atoms with E-state index >= 15 is 0 Å². The summed E-state index contributed by atoms with van der Waals surface area (Å²) >= 11 is 1.21. The number of carbonyl (C=O) groups is 1. The van der Waals surface area contributed by atoms with Crippen molar-refractivity contribution in [1.82, 2.24) is 14.9 Å². The van der Waals surface area contributed by atoms with E-state index in [-0.39, 0.29) is 18.0 Å². The van der Waals surface area contributed by atoms with Crippen molar-refractivity contribution in [3.05, 3.63) is 47.3 Å². The topological polar surface area (TPSA) is 87.7 Å². The predicted molar refractivity (Wildman–Crippen MR) is 114 cm³/mol. The van der Waals surface area contributed by atoms with Crippen molar-refractivity contribution in [2.45, 2.75) is 42.6 Å². The number of hydrogen-bond acceptors (Lipinski definition) is 6. The highest BCUT2D eigenvalue weighted by atomic mass is 32.2. The summed E-state index contributed by atoms with van der Waals surface area (Å²) in [5.41, 5.74) is 0.928. The van der Waals surface area contributed by atoms with Gasteiger partial charge in [-0.2, -0.15) is 0 Å². The third-order valence-electron chi connectivity index (χ3n) is 5.18. The predicted octanol–water partition coefficient (Wildman–Crippen LogP) is 2.20. The lowest BCUT2D eigenvalue weighted by molar-refractivity contribution is -0.126. The molecule has 0 radical (unpaired) electrons. The number of amides is 1. The Morgan fingerprint density at radius 2 is 1.97 bits per heavy atom. The molecule has 2 aromatic rings. The number of hydrogen-bond donors (Lipinski definition) is 2. The zero-order valence-corrected chi connectivity index (χ0v) is 18.3. The quantitative estimate of drug-likeness (QED) is 0.661. The van der Waals surface area contributed by atoms with Crippen molar-refractivity contribution < 1.29 is 17.9 Å². The molecule has 158 valence electrons. The van der Waals surface area contributed by atoms with E-state index in [9.17, 15) is 13.2 Å². The average molecular weight is 438 g/mol. The fraction of sp³-hybridized carbons (Fsp3) is 0.450. The van der Waals surface area contributed by atoms with Crippen LogP contribution in [0, 0.1) is 0 Å². The van der Waals surface area contributed by atoms with Gasteiger partial charge in [-0.3, -0.25) is 9.69 Å². The average Bonchev–Trinajstić information content (AvgIpc) is 3.28. The molecule has 2 N–H and O–H groups in total. The zero-order valence-electron chi connectivity index (χ0n) is 16.6. The fourth-order valence-corrected chi connectivity index (χ4v) is 5.76. The summed E-state index contributed by atoms with van der Waals surface area (Å²) in [6.45, 7) is 3.62. The van der Waals surface area contributed by atoms with E-state index in [1.807, 2.05) is 31.2 Å². The number of methoxy groups -OCH3 is 1. The minimum Gasteiger partial charge on any atom is -0.496 e. The van der Waals surface area contributed by atoms with Crippen molar-refractivity contribution in [3.8, 4) is 5.75 Å². The SMILES string of the molecule is COc1ccccc1CNC(=O)C(C)N1CCC(NS(=O)(=O)c2cccs2)CC1. The fourth-order valence-electron chi connectivity index (χ4n) is 3.44. The number of benzene rings is 1. The van der Waals surface area contributed by atoms with Gasteiger partial charge in [-0.25, -0.2) is 13.1 Å². The number of para-hydroxylation sites is 1. The number of carbonyl (C=O) groups excluding carboxylic acids is 1. The van der Waals surface area contributed by atoms with Gasteiger partial charge in [-0.1, -0.05) is 24.3 Å². The smallest absolute Gasteiger partial charge is 0.250 e. The summed E-state index contributed by atoms with van der Waals surface area (Å²) < 4.78 is 33.2. The van der Waals surface area contributed by atoms with Crippen molar-refractivity contribution in [1.29, 1.82) is 0 Å². The van der Waals surface area contributed by atoms with Crippen molar-refractivity contribution in [2.24, 2.45) is 0 Å². The molecule has 1 saturated heterocycles. The maximum absolute atomic E-state index is 12.6. The molecule has 1 aliphatic rings. The molecule has 1 fully saturated rings. The Morgan fingerprint density at radius 1 is 1.24 bits per heavy atom. The standard InChI is InChI=1S/C20H27N3O4S2/c1-15(20(24)21-14-16-6-3-4-7-18(16)27-2)23-11-9-17(10-12-23)22-29(25,26)19-8-5-13-28-19/h3-8,13,15,17,22H,9-12,14H2,1-2H3,(H,21,24). The Balaban J connectivity index is 1.48. The van der Waals surface area contributed by atoms with Gasteiger partial charge in [0.1, 0.15) is 9.96 Å². The molecule has 0 aliphatic carbocycles. The van der Waals surface area contributed by atoms with Gasteiger partial charge in [-0.15, -0.1) is 11.3 Å². The van der Waals surface area contributed by atoms with Crippen LogP contribution in [0.25, 0.3) is 0 Å². The van der Waals surface area contributed by atoms with Gasteiger partial charge < -0.3 is 10.1 Å². The zero-order chi connectivity index (χ0) is 20.9. The Hall–Kier alpha value is -1.94. The summed E-state index contributed by atoms with van der Waals surface area (Å²) in [5.74, 6) is 0.702. The second-order valence-electron chi connectivity index (χ2n) is 7.07. The van der Waals surface area contributed by atoms with E-state index in [1.165, 1.54) is 11.3 Å². The normalized spacial score (nSPS) is 17.0. The lowest BCUT2D eigenvalue weighted by Gasteiger charge is -2.35. The molecule has 1 amide bonds. The third kappa shape index (κ3) is 5.57. The Kier molecular flexibility index (Phi) is 7.28. The number of rotatable bonds is 8. The Morgan fingerprint density at radius 3 is 2.62 bits per heavy atom. The molecule has 0 spiro atoms. The summed E-state index contributed by atoms with van der Waals surface area (Å²) in [7, 11) is -1.85. The molecular weight excluding hydrogens is 410 g/mol. The van der Waals surface area contributed by atoms with Crippen LogP contribution in [0.1, 0.15) is 25.3 Å². The molecule has 9 heteroatoms. The van der Waals surface area contributed by atoms with Crippen LogP contribution in [0.3, 0.4) is 0 Å². The summed E-state index contributed by atoms with van der Waals surface area (Å²) in [4.78, 5) is 14.7. The highest BCUT2D eigenvalue weighted by molar-refractivity contribution is 7.91. The Bertz CT molecular complexity index is 908. The highest BCUT2D eigenvalue weighted by Crippen LogP contribution is 2.20. The first-order valence-corrected chi connectivity index (χ1v) is 12.0. The van der Waals surface area contributed by atoms with Crippen LogP contribution in [-0.4, -0.2) is 51.5 Å². The molecule has 1 aromatic carbocycles. The minimum atomic E-state index is -3.46. The van der Waals surface area contributed by atoms with Gasteiger partial charge in [0.25, 0.3) is 0 Å². The van der Waals surface area contributed by atoms with Gasteiger partial charge in [0.15, 0.2) is 0 Å².